The monoisotopic (exact) mass is 288 g/mol. The summed E-state index contributed by atoms with van der Waals surface area (Å²) in [6, 6.07) is 10.1. The van der Waals surface area contributed by atoms with Crippen LogP contribution in [-0.4, -0.2) is 11.1 Å². The summed E-state index contributed by atoms with van der Waals surface area (Å²) in [7, 11) is 0. The Morgan fingerprint density at radius 2 is 2.00 bits per heavy atom. The Hall–Kier alpha value is -2.94. The molecule has 2 rings (SSSR count). The Morgan fingerprint density at radius 3 is 2.67 bits per heavy atom. The highest BCUT2D eigenvalue weighted by Gasteiger charge is 2.15. The normalized spacial score (nSPS) is 9.95. The van der Waals surface area contributed by atoms with E-state index in [4.69, 9.17) is 10.4 Å². The summed E-state index contributed by atoms with van der Waals surface area (Å²) in [5, 5.41) is 20.3. The van der Waals surface area contributed by atoms with Gasteiger partial charge in [0.2, 0.25) is 0 Å². The molecular formula is C15H10F2N2O2. The van der Waals surface area contributed by atoms with E-state index in [9.17, 15) is 13.6 Å². The molecule has 106 valence electrons. The van der Waals surface area contributed by atoms with Crippen molar-refractivity contribution >= 4 is 11.7 Å². The van der Waals surface area contributed by atoms with Crippen LogP contribution in [0.5, 0.6) is 0 Å². The van der Waals surface area contributed by atoms with E-state index < -0.39 is 23.2 Å². The Morgan fingerprint density at radius 1 is 1.24 bits per heavy atom. The number of nitrogens with zero attached hydrogens (tertiary/aromatic N) is 1. The van der Waals surface area contributed by atoms with Gasteiger partial charge in [0.25, 0.3) is 0 Å². The number of hydrogen-bond acceptors (Lipinski definition) is 3. The first-order valence-corrected chi connectivity index (χ1v) is 5.96. The lowest BCUT2D eigenvalue weighted by Gasteiger charge is -2.09. The topological polar surface area (TPSA) is 73.1 Å². The third kappa shape index (κ3) is 3.34. The van der Waals surface area contributed by atoms with Gasteiger partial charge < -0.3 is 10.4 Å². The molecule has 2 N–H and O–H groups in total. The summed E-state index contributed by atoms with van der Waals surface area (Å²) < 4.78 is 26.9. The first-order valence-electron chi connectivity index (χ1n) is 5.96. The van der Waals surface area contributed by atoms with Crippen molar-refractivity contribution < 1.29 is 18.7 Å². The van der Waals surface area contributed by atoms with E-state index in [1.54, 1.807) is 24.3 Å². The second kappa shape index (κ2) is 6.01. The number of nitriles is 1. The number of carboxylic acids is 1. The van der Waals surface area contributed by atoms with Gasteiger partial charge in [-0.3, -0.25) is 0 Å². The molecule has 0 fully saturated rings. The van der Waals surface area contributed by atoms with Crippen LogP contribution in [0.1, 0.15) is 21.5 Å². The average molecular weight is 288 g/mol. The van der Waals surface area contributed by atoms with Crippen LogP contribution in [0.4, 0.5) is 14.5 Å². The van der Waals surface area contributed by atoms with Crippen LogP contribution in [0.2, 0.25) is 0 Å². The van der Waals surface area contributed by atoms with Gasteiger partial charge in [0.05, 0.1) is 22.9 Å². The zero-order valence-corrected chi connectivity index (χ0v) is 10.7. The molecule has 0 saturated heterocycles. The van der Waals surface area contributed by atoms with Crippen LogP contribution in [-0.2, 0) is 6.54 Å². The number of aromatic carboxylic acids is 1. The number of carbonyl (C=O) groups is 1. The predicted octanol–water partition coefficient (Wildman–Crippen LogP) is 3.15. The van der Waals surface area contributed by atoms with E-state index in [2.05, 4.69) is 5.32 Å². The van der Waals surface area contributed by atoms with Gasteiger partial charge in [0.15, 0.2) is 0 Å². The smallest absolute Gasteiger partial charge is 0.338 e. The number of carboxylic acid groups (broad SMARTS) is 1. The molecule has 0 aliphatic heterocycles. The largest absolute Gasteiger partial charge is 0.478 e. The zero-order chi connectivity index (χ0) is 15.4. The van der Waals surface area contributed by atoms with Crippen molar-refractivity contribution in [1.82, 2.24) is 0 Å². The number of nitrogens with one attached hydrogen (secondary N) is 1. The Bertz CT molecular complexity index is 739. The van der Waals surface area contributed by atoms with Gasteiger partial charge in [-0.2, -0.15) is 5.26 Å². The van der Waals surface area contributed by atoms with Gasteiger partial charge in [0.1, 0.15) is 11.6 Å². The molecule has 6 heteroatoms. The van der Waals surface area contributed by atoms with Crippen LogP contribution in [0.3, 0.4) is 0 Å². The zero-order valence-electron chi connectivity index (χ0n) is 10.7. The van der Waals surface area contributed by atoms with Crippen molar-refractivity contribution in [3.8, 4) is 6.07 Å². The highest BCUT2D eigenvalue weighted by atomic mass is 19.1. The molecular weight excluding hydrogens is 278 g/mol. The van der Waals surface area contributed by atoms with E-state index in [1.165, 1.54) is 0 Å². The highest BCUT2D eigenvalue weighted by molar-refractivity contribution is 5.89. The molecule has 0 amide bonds. The molecule has 0 spiro atoms. The van der Waals surface area contributed by atoms with E-state index in [0.717, 1.165) is 11.6 Å². The molecule has 0 unspecified atom stereocenters. The summed E-state index contributed by atoms with van der Waals surface area (Å²) in [4.78, 5) is 10.8. The minimum absolute atomic E-state index is 0.115. The standard InChI is InChI=1S/C15H10F2N2O2/c16-12-6-13(17)14(5-11(12)15(20)21)19-8-10-3-1-2-9(4-10)7-18/h1-6,19H,8H2,(H,20,21). The van der Waals surface area contributed by atoms with Crippen molar-refractivity contribution in [2.75, 3.05) is 5.32 Å². The van der Waals surface area contributed by atoms with Crippen LogP contribution < -0.4 is 5.32 Å². The summed E-state index contributed by atoms with van der Waals surface area (Å²) in [6.45, 7) is 0.178. The number of benzene rings is 2. The van der Waals surface area contributed by atoms with Crippen LogP contribution in [0.25, 0.3) is 0 Å². The maximum absolute atomic E-state index is 13.6. The van der Waals surface area contributed by atoms with Crippen LogP contribution in [0.15, 0.2) is 36.4 Å². The van der Waals surface area contributed by atoms with Gasteiger partial charge >= 0.3 is 5.97 Å². The second-order valence-corrected chi connectivity index (χ2v) is 4.28. The molecule has 2 aromatic rings. The molecule has 0 aliphatic carbocycles. The first-order chi connectivity index (χ1) is 10.0. The van der Waals surface area contributed by atoms with Crippen LogP contribution >= 0.6 is 0 Å². The fraction of sp³-hybridized carbons (Fsp3) is 0.0667. The van der Waals surface area contributed by atoms with Gasteiger partial charge in [-0.15, -0.1) is 0 Å². The molecule has 2 aromatic carbocycles. The van der Waals surface area contributed by atoms with E-state index in [0.29, 0.717) is 11.6 Å². The minimum Gasteiger partial charge on any atom is -0.478 e. The highest BCUT2D eigenvalue weighted by Crippen LogP contribution is 2.20. The van der Waals surface area contributed by atoms with Crippen molar-refractivity contribution in [2.45, 2.75) is 6.54 Å². The van der Waals surface area contributed by atoms with Gasteiger partial charge in [-0.25, -0.2) is 13.6 Å². The maximum atomic E-state index is 13.6. The number of rotatable bonds is 4. The third-order valence-corrected chi connectivity index (χ3v) is 2.83. The van der Waals surface area contributed by atoms with Crippen molar-refractivity contribution in [3.05, 3.63) is 64.7 Å². The van der Waals surface area contributed by atoms with Crippen molar-refractivity contribution in [2.24, 2.45) is 0 Å². The average Bonchev–Trinajstić information content (AvgIpc) is 2.46. The molecule has 0 atom stereocenters. The summed E-state index contributed by atoms with van der Waals surface area (Å²) in [5.41, 5.74) is 0.454. The number of hydrogen-bond donors (Lipinski definition) is 2. The van der Waals surface area contributed by atoms with Gasteiger partial charge in [0, 0.05) is 12.6 Å². The molecule has 0 aliphatic rings. The predicted molar refractivity (Wildman–Crippen MR) is 71.8 cm³/mol. The summed E-state index contributed by atoms with van der Waals surface area (Å²) in [6.07, 6.45) is 0. The molecule has 0 radical (unpaired) electrons. The van der Waals surface area contributed by atoms with Gasteiger partial charge in [-0.05, 0) is 23.8 Å². The van der Waals surface area contributed by atoms with Gasteiger partial charge in [-0.1, -0.05) is 12.1 Å². The molecule has 0 bridgehead atoms. The minimum atomic E-state index is -1.47. The molecule has 0 heterocycles. The summed E-state index contributed by atoms with van der Waals surface area (Å²) in [5.74, 6) is -3.48. The molecule has 21 heavy (non-hydrogen) atoms. The maximum Gasteiger partial charge on any atom is 0.338 e. The quantitative estimate of drug-likeness (QED) is 0.906. The Balaban J connectivity index is 2.22. The molecule has 0 saturated carbocycles. The van der Waals surface area contributed by atoms with Crippen molar-refractivity contribution in [1.29, 1.82) is 5.26 Å². The fourth-order valence-corrected chi connectivity index (χ4v) is 1.80. The molecule has 4 nitrogen and oxygen atoms in total. The fourth-order valence-electron chi connectivity index (χ4n) is 1.80. The molecule has 0 aromatic heterocycles. The summed E-state index contributed by atoms with van der Waals surface area (Å²) >= 11 is 0. The third-order valence-electron chi connectivity index (χ3n) is 2.83. The number of anilines is 1. The Labute approximate surface area is 119 Å². The number of halogens is 2. The lowest BCUT2D eigenvalue weighted by Crippen LogP contribution is -2.07. The Kier molecular flexibility index (Phi) is 4.14. The van der Waals surface area contributed by atoms with E-state index in [-0.39, 0.29) is 12.2 Å². The van der Waals surface area contributed by atoms with Crippen LogP contribution in [0, 0.1) is 23.0 Å². The first kappa shape index (κ1) is 14.5. The van der Waals surface area contributed by atoms with E-state index in [1.807, 2.05) is 6.07 Å². The lowest BCUT2D eigenvalue weighted by molar-refractivity contribution is 0.0692. The lowest BCUT2D eigenvalue weighted by atomic mass is 10.1. The second-order valence-electron chi connectivity index (χ2n) is 4.28. The van der Waals surface area contributed by atoms with E-state index >= 15 is 0 Å². The SMILES string of the molecule is N#Cc1cccc(CNc2cc(C(=O)O)c(F)cc2F)c1. The van der Waals surface area contributed by atoms with Crippen molar-refractivity contribution in [3.63, 3.8) is 0 Å².